The third kappa shape index (κ3) is 4.43. The van der Waals surface area contributed by atoms with Gasteiger partial charge in [0, 0.05) is 36.5 Å². The molecular weight excluding hydrogens is 394 g/mol. The molecule has 0 spiro atoms. The molecule has 1 aliphatic heterocycles. The topological polar surface area (TPSA) is 80.0 Å². The molecule has 1 aromatic heterocycles. The molecule has 1 fully saturated rings. The van der Waals surface area contributed by atoms with Crippen LogP contribution in [0, 0.1) is 6.92 Å². The Bertz CT molecular complexity index is 1140. The van der Waals surface area contributed by atoms with E-state index < -0.39 is 5.63 Å². The van der Waals surface area contributed by atoms with Crippen molar-refractivity contribution in [3.63, 3.8) is 0 Å². The van der Waals surface area contributed by atoms with Crippen molar-refractivity contribution in [3.05, 3.63) is 69.6 Å². The van der Waals surface area contributed by atoms with Crippen LogP contribution in [0.5, 0.6) is 11.5 Å². The predicted molar refractivity (Wildman–Crippen MR) is 119 cm³/mol. The van der Waals surface area contributed by atoms with Gasteiger partial charge in [-0.05, 0) is 67.5 Å². The number of amides is 1. The molecule has 6 heteroatoms. The Labute approximate surface area is 181 Å². The van der Waals surface area contributed by atoms with Gasteiger partial charge in [-0.2, -0.15) is 0 Å². The van der Waals surface area contributed by atoms with Crippen LogP contribution in [-0.2, 0) is 11.2 Å². The zero-order valence-corrected chi connectivity index (χ0v) is 17.9. The number of methoxy groups -OCH3 is 1. The number of likely N-dealkylation sites (tertiary alicyclic amines) is 1. The molecule has 0 aliphatic carbocycles. The molecule has 1 aliphatic rings. The van der Waals surface area contributed by atoms with E-state index in [9.17, 15) is 14.7 Å². The molecule has 1 N–H and O–H groups in total. The fourth-order valence-corrected chi connectivity index (χ4v) is 4.39. The summed E-state index contributed by atoms with van der Waals surface area (Å²) < 4.78 is 10.7. The second-order valence-electron chi connectivity index (χ2n) is 8.10. The van der Waals surface area contributed by atoms with Gasteiger partial charge in [-0.25, -0.2) is 4.79 Å². The molecule has 4 rings (SSSR count). The standard InChI is InChI=1S/C25H27NO5/c1-16-21-8-7-20(30-2)15-23(21)31-25(29)22(16)9-10-24(28)26-13-11-18(12-14-26)17-3-5-19(27)6-4-17/h3-8,15,18,27H,9-14H2,1-2H3. The highest BCUT2D eigenvalue weighted by molar-refractivity contribution is 5.82. The van der Waals surface area contributed by atoms with Crippen LogP contribution in [0.25, 0.3) is 11.0 Å². The lowest BCUT2D eigenvalue weighted by Crippen LogP contribution is -2.38. The summed E-state index contributed by atoms with van der Waals surface area (Å²) in [6.07, 6.45) is 2.45. The summed E-state index contributed by atoms with van der Waals surface area (Å²) in [5, 5.41) is 10.3. The van der Waals surface area contributed by atoms with Gasteiger partial charge in [0.05, 0.1) is 7.11 Å². The Morgan fingerprint density at radius 3 is 2.55 bits per heavy atom. The van der Waals surface area contributed by atoms with Crippen LogP contribution in [-0.4, -0.2) is 36.1 Å². The number of rotatable bonds is 5. The van der Waals surface area contributed by atoms with E-state index in [1.165, 1.54) is 5.56 Å². The number of hydrogen-bond acceptors (Lipinski definition) is 5. The van der Waals surface area contributed by atoms with E-state index in [1.807, 2.05) is 36.1 Å². The van der Waals surface area contributed by atoms with Crippen molar-refractivity contribution in [3.8, 4) is 11.5 Å². The SMILES string of the molecule is COc1ccc2c(C)c(CCC(=O)N3CCC(c4ccc(O)cc4)CC3)c(=O)oc2c1. The zero-order chi connectivity index (χ0) is 22.0. The molecule has 0 radical (unpaired) electrons. The Hall–Kier alpha value is -3.28. The first-order valence-electron chi connectivity index (χ1n) is 10.6. The number of phenols is 1. The maximum absolute atomic E-state index is 12.8. The number of hydrogen-bond donors (Lipinski definition) is 1. The Kier molecular flexibility index (Phi) is 5.98. The summed E-state index contributed by atoms with van der Waals surface area (Å²) in [5.41, 5.74) is 2.72. The van der Waals surface area contributed by atoms with Crippen molar-refractivity contribution in [1.29, 1.82) is 0 Å². The predicted octanol–water partition coefficient (Wildman–Crippen LogP) is 4.15. The summed E-state index contributed by atoms with van der Waals surface area (Å²) in [4.78, 5) is 27.2. The normalized spacial score (nSPS) is 14.7. The van der Waals surface area contributed by atoms with Crippen LogP contribution >= 0.6 is 0 Å². The van der Waals surface area contributed by atoms with Gasteiger partial charge < -0.3 is 19.2 Å². The molecule has 0 saturated carbocycles. The molecule has 0 bridgehead atoms. The molecule has 0 unspecified atom stereocenters. The number of phenolic OH excluding ortho intramolecular Hbond substituents is 1. The number of fused-ring (bicyclic) bond motifs is 1. The highest BCUT2D eigenvalue weighted by Gasteiger charge is 2.24. The highest BCUT2D eigenvalue weighted by atomic mass is 16.5. The first-order chi connectivity index (χ1) is 15.0. The van der Waals surface area contributed by atoms with E-state index in [0.29, 0.717) is 42.3 Å². The van der Waals surface area contributed by atoms with E-state index in [2.05, 4.69) is 0 Å². The lowest BCUT2D eigenvalue weighted by atomic mass is 9.89. The van der Waals surface area contributed by atoms with Gasteiger partial charge in [0.25, 0.3) is 0 Å². The fourth-order valence-electron chi connectivity index (χ4n) is 4.39. The lowest BCUT2D eigenvalue weighted by molar-refractivity contribution is -0.132. The molecule has 162 valence electrons. The molecular formula is C25H27NO5. The number of piperidine rings is 1. The Morgan fingerprint density at radius 2 is 1.87 bits per heavy atom. The monoisotopic (exact) mass is 421 g/mol. The maximum Gasteiger partial charge on any atom is 0.339 e. The molecule has 6 nitrogen and oxygen atoms in total. The van der Waals surface area contributed by atoms with Gasteiger partial charge in [-0.1, -0.05) is 12.1 Å². The maximum atomic E-state index is 12.8. The Balaban J connectivity index is 1.39. The van der Waals surface area contributed by atoms with E-state index in [4.69, 9.17) is 9.15 Å². The minimum atomic E-state index is -0.392. The van der Waals surface area contributed by atoms with Crippen LogP contribution in [0.1, 0.15) is 41.9 Å². The molecule has 0 atom stereocenters. The number of ether oxygens (including phenoxy) is 1. The summed E-state index contributed by atoms with van der Waals surface area (Å²) >= 11 is 0. The van der Waals surface area contributed by atoms with Crippen molar-refractivity contribution in [1.82, 2.24) is 4.90 Å². The van der Waals surface area contributed by atoms with Gasteiger partial charge in [-0.3, -0.25) is 4.79 Å². The summed E-state index contributed by atoms with van der Waals surface area (Å²) in [5.74, 6) is 1.37. The van der Waals surface area contributed by atoms with Gasteiger partial charge >= 0.3 is 5.63 Å². The zero-order valence-electron chi connectivity index (χ0n) is 17.9. The molecule has 2 heterocycles. The molecule has 2 aromatic carbocycles. The first kappa shape index (κ1) is 21.0. The fraction of sp³-hybridized carbons (Fsp3) is 0.360. The van der Waals surface area contributed by atoms with Crippen LogP contribution < -0.4 is 10.4 Å². The minimum Gasteiger partial charge on any atom is -0.508 e. The van der Waals surface area contributed by atoms with E-state index in [0.717, 1.165) is 23.8 Å². The third-order valence-corrected chi connectivity index (χ3v) is 6.30. The largest absolute Gasteiger partial charge is 0.508 e. The second-order valence-corrected chi connectivity index (χ2v) is 8.10. The summed E-state index contributed by atoms with van der Waals surface area (Å²) in [7, 11) is 1.57. The molecule has 1 amide bonds. The third-order valence-electron chi connectivity index (χ3n) is 6.30. The minimum absolute atomic E-state index is 0.0674. The second kappa shape index (κ2) is 8.84. The van der Waals surface area contributed by atoms with E-state index in [1.54, 1.807) is 25.3 Å². The van der Waals surface area contributed by atoms with Crippen molar-refractivity contribution >= 4 is 16.9 Å². The average molecular weight is 421 g/mol. The van der Waals surface area contributed by atoms with Gasteiger partial charge in [0.2, 0.25) is 5.91 Å². The van der Waals surface area contributed by atoms with Crippen molar-refractivity contribution in [2.45, 2.75) is 38.5 Å². The van der Waals surface area contributed by atoms with Crippen LogP contribution in [0.3, 0.4) is 0 Å². The number of carbonyl (C=O) groups is 1. The highest BCUT2D eigenvalue weighted by Crippen LogP contribution is 2.29. The van der Waals surface area contributed by atoms with Crippen molar-refractivity contribution in [2.75, 3.05) is 20.2 Å². The van der Waals surface area contributed by atoms with Gasteiger partial charge in [0.1, 0.15) is 17.1 Å². The number of aryl methyl sites for hydroxylation is 1. The number of carbonyl (C=O) groups excluding carboxylic acids is 1. The van der Waals surface area contributed by atoms with Crippen LogP contribution in [0.2, 0.25) is 0 Å². The average Bonchev–Trinajstić information content (AvgIpc) is 2.79. The summed E-state index contributed by atoms with van der Waals surface area (Å²) in [6, 6.07) is 12.7. The number of nitrogens with zero attached hydrogens (tertiary/aromatic N) is 1. The Morgan fingerprint density at radius 1 is 1.16 bits per heavy atom. The van der Waals surface area contributed by atoms with E-state index in [-0.39, 0.29) is 18.1 Å². The smallest absolute Gasteiger partial charge is 0.339 e. The van der Waals surface area contributed by atoms with Crippen molar-refractivity contribution < 1.29 is 19.1 Å². The van der Waals surface area contributed by atoms with E-state index >= 15 is 0 Å². The summed E-state index contributed by atoms with van der Waals surface area (Å²) in [6.45, 7) is 3.31. The number of aromatic hydroxyl groups is 1. The first-order valence-corrected chi connectivity index (χ1v) is 10.6. The molecule has 1 saturated heterocycles. The van der Waals surface area contributed by atoms with Crippen LogP contribution in [0.15, 0.2) is 51.7 Å². The molecule has 3 aromatic rings. The van der Waals surface area contributed by atoms with Crippen molar-refractivity contribution in [2.24, 2.45) is 0 Å². The lowest BCUT2D eigenvalue weighted by Gasteiger charge is -2.32. The number of benzene rings is 2. The van der Waals surface area contributed by atoms with Gasteiger partial charge in [0.15, 0.2) is 0 Å². The quantitative estimate of drug-likeness (QED) is 0.626. The van der Waals surface area contributed by atoms with Crippen LogP contribution in [0.4, 0.5) is 0 Å². The van der Waals surface area contributed by atoms with Gasteiger partial charge in [-0.15, -0.1) is 0 Å². The molecule has 31 heavy (non-hydrogen) atoms.